The van der Waals surface area contributed by atoms with Crippen molar-refractivity contribution in [2.45, 2.75) is 18.9 Å². The van der Waals surface area contributed by atoms with Gasteiger partial charge >= 0.3 is 0 Å². The maximum atomic E-state index is 4.52. The van der Waals surface area contributed by atoms with E-state index in [1.165, 1.54) is 38.7 Å². The predicted molar refractivity (Wildman–Crippen MR) is 192 cm³/mol. The van der Waals surface area contributed by atoms with Crippen LogP contribution in [0.1, 0.15) is 30.0 Å². The topological polar surface area (TPSA) is 8.17 Å². The Morgan fingerprint density at radius 2 is 1.36 bits per heavy atom. The van der Waals surface area contributed by atoms with Gasteiger partial charge in [-0.3, -0.25) is 4.90 Å². The molecule has 0 saturated heterocycles. The molecule has 0 N–H and O–H groups in total. The summed E-state index contributed by atoms with van der Waals surface area (Å²) in [5.74, 6) is 1.15. The number of hydrogen-bond acceptors (Lipinski definition) is 1. The third-order valence-corrected chi connectivity index (χ3v) is 9.21. The zero-order valence-electron chi connectivity index (χ0n) is 25.4. The molecule has 2 nitrogen and oxygen atoms in total. The van der Waals surface area contributed by atoms with Gasteiger partial charge in [0.1, 0.15) is 5.82 Å². The van der Waals surface area contributed by atoms with E-state index in [-0.39, 0.29) is 5.54 Å². The van der Waals surface area contributed by atoms with E-state index >= 15 is 0 Å². The Balaban J connectivity index is 1.43. The molecule has 0 radical (unpaired) electrons. The number of rotatable bonds is 4. The summed E-state index contributed by atoms with van der Waals surface area (Å²) < 4.78 is 2.58. The zero-order valence-corrected chi connectivity index (χ0v) is 25.4. The maximum absolute atomic E-state index is 4.52. The van der Waals surface area contributed by atoms with Crippen LogP contribution in [0.15, 0.2) is 164 Å². The average molecular weight is 579 g/mol. The van der Waals surface area contributed by atoms with E-state index in [9.17, 15) is 0 Å². The minimum absolute atomic E-state index is 0.332. The fourth-order valence-electron chi connectivity index (χ4n) is 7.08. The van der Waals surface area contributed by atoms with Gasteiger partial charge in [-0.2, -0.15) is 0 Å². The molecule has 2 heterocycles. The molecule has 1 aliphatic carbocycles. The van der Waals surface area contributed by atoms with E-state index in [0.717, 1.165) is 34.8 Å². The molecule has 2 aliphatic rings. The average Bonchev–Trinajstić information content (AvgIpc) is 3.42. The highest BCUT2D eigenvalue weighted by molar-refractivity contribution is 6.04. The van der Waals surface area contributed by atoms with E-state index in [1.807, 2.05) is 0 Å². The Morgan fingerprint density at radius 1 is 0.667 bits per heavy atom. The van der Waals surface area contributed by atoms with Crippen molar-refractivity contribution in [2.24, 2.45) is 0 Å². The molecule has 0 amide bonds. The molecule has 45 heavy (non-hydrogen) atoms. The number of aromatic nitrogens is 1. The molecule has 8 rings (SSSR count). The first-order valence-electron chi connectivity index (χ1n) is 15.6. The quantitative estimate of drug-likeness (QED) is 0.202. The van der Waals surface area contributed by atoms with Crippen LogP contribution < -0.4 is 4.90 Å². The second-order valence-corrected chi connectivity index (χ2v) is 12.2. The van der Waals surface area contributed by atoms with Crippen LogP contribution in [0.25, 0.3) is 39.3 Å². The molecule has 1 aromatic heterocycles. The molecule has 0 saturated carbocycles. The lowest BCUT2D eigenvalue weighted by Crippen LogP contribution is -2.32. The van der Waals surface area contributed by atoms with Gasteiger partial charge in [-0.1, -0.05) is 146 Å². The van der Waals surface area contributed by atoms with Crippen LogP contribution in [0.2, 0.25) is 0 Å². The summed E-state index contributed by atoms with van der Waals surface area (Å²) in [6, 6.07) is 47.8. The van der Waals surface area contributed by atoms with Gasteiger partial charge in [0.15, 0.2) is 0 Å². The highest BCUT2D eigenvalue weighted by Gasteiger charge is 2.36. The summed E-state index contributed by atoms with van der Waals surface area (Å²) in [6.07, 6.45) is 12.2. The van der Waals surface area contributed by atoms with Crippen molar-refractivity contribution in [3.63, 3.8) is 0 Å². The normalized spacial score (nSPS) is 18.1. The van der Waals surface area contributed by atoms with Gasteiger partial charge < -0.3 is 4.57 Å². The molecule has 2 heteroatoms. The minimum Gasteiger partial charge on any atom is -0.317 e. The van der Waals surface area contributed by atoms with Gasteiger partial charge in [-0.25, -0.2) is 0 Å². The first-order chi connectivity index (χ1) is 22.1. The molecule has 5 aromatic carbocycles. The number of anilines is 3. The van der Waals surface area contributed by atoms with Gasteiger partial charge in [0.25, 0.3) is 0 Å². The summed E-state index contributed by atoms with van der Waals surface area (Å²) >= 11 is 0. The molecular weight excluding hydrogens is 544 g/mol. The molecule has 216 valence electrons. The molecule has 1 unspecified atom stereocenters. The first kappa shape index (κ1) is 27.0. The Kier molecular flexibility index (Phi) is 6.50. The third kappa shape index (κ3) is 4.58. The highest BCUT2D eigenvalue weighted by Crippen LogP contribution is 2.50. The van der Waals surface area contributed by atoms with Gasteiger partial charge in [0.05, 0.1) is 16.7 Å². The van der Waals surface area contributed by atoms with Crippen LogP contribution in [0.5, 0.6) is 0 Å². The summed E-state index contributed by atoms with van der Waals surface area (Å²) in [5, 5.41) is 1.23. The molecule has 0 spiro atoms. The fourth-order valence-corrected chi connectivity index (χ4v) is 7.08. The van der Waals surface area contributed by atoms with Crippen molar-refractivity contribution in [3.8, 4) is 11.1 Å². The maximum Gasteiger partial charge on any atom is 0.127 e. The lowest BCUT2D eigenvalue weighted by Gasteiger charge is -2.38. The summed E-state index contributed by atoms with van der Waals surface area (Å²) in [4.78, 5) is 2.46. The molecule has 1 atom stereocenters. The van der Waals surface area contributed by atoms with Gasteiger partial charge in [-0.15, -0.1) is 0 Å². The highest BCUT2D eigenvalue weighted by atomic mass is 15.3. The lowest BCUT2D eigenvalue weighted by atomic mass is 9.84. The molecule has 1 aliphatic heterocycles. The van der Waals surface area contributed by atoms with Crippen LogP contribution in [0.3, 0.4) is 0 Å². The number of fused-ring (bicyclic) bond motifs is 4. The fraction of sp³-hybridized carbons (Fsp3) is 0.0698. The Bertz CT molecular complexity index is 2160. The van der Waals surface area contributed by atoms with Crippen LogP contribution in [0.4, 0.5) is 17.2 Å². The second kappa shape index (κ2) is 10.8. The van der Waals surface area contributed by atoms with Crippen molar-refractivity contribution in [3.05, 3.63) is 181 Å². The van der Waals surface area contributed by atoms with Gasteiger partial charge in [0.2, 0.25) is 0 Å². The van der Waals surface area contributed by atoms with E-state index in [0.29, 0.717) is 0 Å². The van der Waals surface area contributed by atoms with Crippen molar-refractivity contribution in [2.75, 3.05) is 4.90 Å². The number of hydrogen-bond donors (Lipinski definition) is 0. The number of para-hydroxylation sites is 2. The Labute approximate surface area is 265 Å². The van der Waals surface area contributed by atoms with Crippen LogP contribution in [-0.4, -0.2) is 4.57 Å². The Hall–Kier alpha value is -5.60. The smallest absolute Gasteiger partial charge is 0.127 e. The molecule has 0 bridgehead atoms. The second-order valence-electron chi connectivity index (χ2n) is 12.2. The minimum atomic E-state index is -0.332. The monoisotopic (exact) mass is 578 g/mol. The van der Waals surface area contributed by atoms with Crippen LogP contribution in [-0.2, 0) is 5.54 Å². The first-order valence-corrected chi connectivity index (χ1v) is 15.6. The van der Waals surface area contributed by atoms with E-state index < -0.39 is 0 Å². The SMILES string of the molecule is C=C1/C=C\c2c(n(C3(C)C=CC=C(c4ccccc4)C3)c3ccccc23)N(c2cccc(-c3ccccc3)c2)c2ccccc21. The van der Waals surface area contributed by atoms with Crippen molar-refractivity contribution in [1.82, 2.24) is 4.57 Å². The lowest BCUT2D eigenvalue weighted by molar-refractivity contribution is 0.434. The van der Waals surface area contributed by atoms with Crippen LogP contribution in [0, 0.1) is 0 Å². The Morgan fingerprint density at radius 3 is 2.18 bits per heavy atom. The van der Waals surface area contributed by atoms with Crippen LogP contribution >= 0.6 is 0 Å². The summed E-state index contributed by atoms with van der Waals surface area (Å²) in [6.45, 7) is 6.89. The van der Waals surface area contributed by atoms with Crippen molar-refractivity contribution >= 4 is 45.3 Å². The summed E-state index contributed by atoms with van der Waals surface area (Å²) in [5.41, 5.74) is 11.4. The number of nitrogens with zero attached hydrogens (tertiary/aromatic N) is 2. The van der Waals surface area contributed by atoms with Gasteiger partial charge in [0, 0.05) is 22.2 Å². The van der Waals surface area contributed by atoms with E-state index in [1.54, 1.807) is 0 Å². The molecular formula is C43H34N2. The molecule has 6 aromatic rings. The molecule has 0 fully saturated rings. The zero-order chi connectivity index (χ0) is 30.4. The van der Waals surface area contributed by atoms with Crippen molar-refractivity contribution in [1.29, 1.82) is 0 Å². The number of allylic oxidation sites excluding steroid dienone is 6. The van der Waals surface area contributed by atoms with Gasteiger partial charge in [-0.05, 0) is 65.4 Å². The summed E-state index contributed by atoms with van der Waals surface area (Å²) in [7, 11) is 0. The van der Waals surface area contributed by atoms with E-state index in [2.05, 4.69) is 187 Å². The largest absolute Gasteiger partial charge is 0.317 e. The predicted octanol–water partition coefficient (Wildman–Crippen LogP) is 11.6. The number of benzene rings is 5. The van der Waals surface area contributed by atoms with Crippen molar-refractivity contribution < 1.29 is 0 Å². The van der Waals surface area contributed by atoms with E-state index in [4.69, 9.17) is 0 Å². The standard InChI is InChI=1S/C43H34N2/c1-31-26-27-39-38-23-10-12-25-41(38)45(43(2)28-14-20-35(30-43)33-17-7-4-8-18-33)42(39)44(40-24-11-9-22-37(31)40)36-21-13-19-34(29-36)32-15-5-3-6-16-32/h3-29H,1,30H2,2H3/b27-26-. The third-order valence-electron chi connectivity index (χ3n) is 9.21.